The Balaban J connectivity index is 1.89. The monoisotopic (exact) mass is 467 g/mol. The molecule has 3 aromatic rings. The van der Waals surface area contributed by atoms with Crippen molar-refractivity contribution in [1.29, 1.82) is 0 Å². The van der Waals surface area contributed by atoms with Gasteiger partial charge in [-0.05, 0) is 72.9 Å². The molecule has 0 fully saturated rings. The number of halogens is 2. The highest BCUT2D eigenvalue weighted by Gasteiger charge is 2.40. The number of carbonyl (C=O) groups is 2. The van der Waals surface area contributed by atoms with Crippen LogP contribution in [0.1, 0.15) is 51.2 Å². The lowest BCUT2D eigenvalue weighted by Crippen LogP contribution is -2.43. The Labute approximate surface area is 196 Å². The minimum atomic E-state index is -1.10. The summed E-state index contributed by atoms with van der Waals surface area (Å²) in [6.07, 6.45) is 2.43. The van der Waals surface area contributed by atoms with E-state index >= 15 is 0 Å². The smallest absolute Gasteiger partial charge is 0.257 e. The van der Waals surface area contributed by atoms with Gasteiger partial charge in [0.15, 0.2) is 0 Å². The number of methoxy groups -OCH3 is 1. The molecule has 2 N–H and O–H groups in total. The molecule has 1 heterocycles. The Morgan fingerprint density at radius 1 is 1.24 bits per heavy atom. The number of nitrogens with zero attached hydrogens (tertiary/aromatic N) is 2. The molecule has 0 aliphatic heterocycles. The number of pyridine rings is 1. The van der Waals surface area contributed by atoms with E-state index in [1.165, 1.54) is 18.1 Å². The van der Waals surface area contributed by atoms with Crippen LogP contribution in [0.2, 0.25) is 5.02 Å². The average Bonchev–Trinajstić information content (AvgIpc) is 3.21. The molecule has 170 valence electrons. The van der Waals surface area contributed by atoms with Gasteiger partial charge in [-0.1, -0.05) is 23.7 Å². The van der Waals surface area contributed by atoms with Crippen LogP contribution in [-0.2, 0) is 11.2 Å². The summed E-state index contributed by atoms with van der Waals surface area (Å²) in [5, 5.41) is 0.225. The van der Waals surface area contributed by atoms with E-state index in [9.17, 15) is 14.0 Å². The molecule has 4 rings (SSSR count). The van der Waals surface area contributed by atoms with Gasteiger partial charge in [0.1, 0.15) is 17.6 Å². The summed E-state index contributed by atoms with van der Waals surface area (Å²) in [5.41, 5.74) is 8.31. The van der Waals surface area contributed by atoms with Crippen molar-refractivity contribution in [3.63, 3.8) is 0 Å². The lowest BCUT2D eigenvalue weighted by molar-refractivity contribution is -0.123. The number of hydrogen-bond donors (Lipinski definition) is 1. The van der Waals surface area contributed by atoms with Crippen molar-refractivity contribution < 1.29 is 18.7 Å². The van der Waals surface area contributed by atoms with E-state index in [0.29, 0.717) is 46.5 Å². The lowest BCUT2D eigenvalue weighted by atomic mass is 9.97. The number of benzene rings is 2. The van der Waals surface area contributed by atoms with Crippen LogP contribution in [0.25, 0.3) is 0 Å². The van der Waals surface area contributed by atoms with Gasteiger partial charge in [0.2, 0.25) is 5.91 Å². The number of ether oxygens (including phenoxy) is 1. The van der Waals surface area contributed by atoms with Crippen LogP contribution in [0.5, 0.6) is 5.75 Å². The number of fused-ring (bicyclic) bond motifs is 1. The first kappa shape index (κ1) is 22.7. The predicted octanol–water partition coefficient (Wildman–Crippen LogP) is 4.55. The number of aryl methyl sites for hydroxylation is 1. The number of rotatable bonds is 6. The minimum Gasteiger partial charge on any atom is -0.497 e. The normalized spacial score (nSPS) is 15.6. The third-order valence-corrected chi connectivity index (χ3v) is 6.23. The zero-order valence-corrected chi connectivity index (χ0v) is 19.0. The van der Waals surface area contributed by atoms with Crippen molar-refractivity contribution in [2.75, 3.05) is 7.11 Å². The van der Waals surface area contributed by atoms with E-state index in [0.717, 1.165) is 0 Å². The van der Waals surface area contributed by atoms with Gasteiger partial charge in [0, 0.05) is 16.9 Å². The highest BCUT2D eigenvalue weighted by Crippen LogP contribution is 2.43. The minimum absolute atomic E-state index is 0.225. The highest BCUT2D eigenvalue weighted by atomic mass is 35.5. The number of aromatic nitrogens is 1. The molecule has 33 heavy (non-hydrogen) atoms. The van der Waals surface area contributed by atoms with Gasteiger partial charge < -0.3 is 15.4 Å². The molecule has 1 aliphatic carbocycles. The zero-order valence-electron chi connectivity index (χ0n) is 18.2. The maximum absolute atomic E-state index is 14.6. The summed E-state index contributed by atoms with van der Waals surface area (Å²) in [7, 11) is 1.54. The van der Waals surface area contributed by atoms with Gasteiger partial charge in [-0.25, -0.2) is 4.39 Å². The van der Waals surface area contributed by atoms with Crippen molar-refractivity contribution in [2.45, 2.75) is 31.8 Å². The molecule has 0 unspecified atom stereocenters. The molecule has 2 atom stereocenters. The number of nitrogens with two attached hydrogens (primary N) is 1. The fourth-order valence-corrected chi connectivity index (χ4v) is 4.66. The second kappa shape index (κ2) is 9.19. The third-order valence-electron chi connectivity index (χ3n) is 6.01. The van der Waals surface area contributed by atoms with Gasteiger partial charge in [-0.2, -0.15) is 0 Å². The van der Waals surface area contributed by atoms with E-state index in [4.69, 9.17) is 22.1 Å². The van der Waals surface area contributed by atoms with Crippen molar-refractivity contribution >= 4 is 23.4 Å². The fraction of sp³-hybridized carbons (Fsp3) is 0.240. The summed E-state index contributed by atoms with van der Waals surface area (Å²) >= 11 is 6.15. The van der Waals surface area contributed by atoms with Crippen LogP contribution in [0.4, 0.5) is 4.39 Å². The van der Waals surface area contributed by atoms with E-state index in [2.05, 4.69) is 4.98 Å². The average molecular weight is 468 g/mol. The van der Waals surface area contributed by atoms with Crippen LogP contribution in [0.15, 0.2) is 54.7 Å². The van der Waals surface area contributed by atoms with Gasteiger partial charge in [0.05, 0.1) is 18.7 Å². The van der Waals surface area contributed by atoms with Crippen LogP contribution >= 0.6 is 11.6 Å². The van der Waals surface area contributed by atoms with Gasteiger partial charge in [-0.3, -0.25) is 14.6 Å². The van der Waals surface area contributed by atoms with E-state index < -0.39 is 29.7 Å². The number of carbonyl (C=O) groups excluding carboxylic acids is 2. The maximum atomic E-state index is 14.6. The molecule has 1 aliphatic rings. The molecule has 2 aromatic carbocycles. The van der Waals surface area contributed by atoms with E-state index in [-0.39, 0.29) is 5.02 Å². The van der Waals surface area contributed by atoms with E-state index in [1.807, 2.05) is 0 Å². The van der Waals surface area contributed by atoms with Crippen LogP contribution < -0.4 is 10.5 Å². The highest BCUT2D eigenvalue weighted by molar-refractivity contribution is 6.30. The molecular weight excluding hydrogens is 445 g/mol. The molecule has 0 spiro atoms. The summed E-state index contributed by atoms with van der Waals surface area (Å²) in [6.45, 7) is 1.72. The van der Waals surface area contributed by atoms with Crippen molar-refractivity contribution in [2.24, 2.45) is 5.73 Å². The molecule has 0 saturated carbocycles. The molecule has 2 amide bonds. The van der Waals surface area contributed by atoms with Crippen molar-refractivity contribution in [3.8, 4) is 5.75 Å². The molecule has 8 heteroatoms. The number of hydrogen-bond acceptors (Lipinski definition) is 4. The summed E-state index contributed by atoms with van der Waals surface area (Å²) < 4.78 is 19.9. The lowest BCUT2D eigenvalue weighted by Gasteiger charge is -2.36. The first-order valence-electron chi connectivity index (χ1n) is 10.5. The topological polar surface area (TPSA) is 85.5 Å². The zero-order chi connectivity index (χ0) is 23.7. The second-order valence-electron chi connectivity index (χ2n) is 7.94. The van der Waals surface area contributed by atoms with Crippen LogP contribution in [0, 0.1) is 12.7 Å². The fourth-order valence-electron chi connectivity index (χ4n) is 4.45. The molecular formula is C25H23ClFN3O3. The first-order chi connectivity index (χ1) is 15.8. The van der Waals surface area contributed by atoms with Gasteiger partial charge in [0.25, 0.3) is 5.91 Å². The van der Waals surface area contributed by atoms with E-state index in [1.54, 1.807) is 55.6 Å². The molecule has 0 radical (unpaired) electrons. The summed E-state index contributed by atoms with van der Waals surface area (Å²) in [5.74, 6) is -0.947. The maximum Gasteiger partial charge on any atom is 0.257 e. The van der Waals surface area contributed by atoms with Crippen molar-refractivity contribution in [3.05, 3.63) is 93.5 Å². The molecule has 6 nitrogen and oxygen atoms in total. The second-order valence-corrected chi connectivity index (χ2v) is 8.37. The quantitative estimate of drug-likeness (QED) is 0.576. The molecule has 0 bridgehead atoms. The Morgan fingerprint density at radius 3 is 2.61 bits per heavy atom. The Morgan fingerprint density at radius 2 is 1.97 bits per heavy atom. The largest absolute Gasteiger partial charge is 0.497 e. The van der Waals surface area contributed by atoms with Crippen LogP contribution in [0.3, 0.4) is 0 Å². The summed E-state index contributed by atoms with van der Waals surface area (Å²) in [4.78, 5) is 32.4. The SMILES string of the molecule is COc1ccc([C@H](C(N)=O)N(C(=O)c2cccnc2C)[C@@H]2CCc3c(F)cc(Cl)cc32)cc1. The van der Waals surface area contributed by atoms with Gasteiger partial charge >= 0.3 is 0 Å². The first-order valence-corrected chi connectivity index (χ1v) is 10.8. The number of primary amides is 1. The predicted molar refractivity (Wildman–Crippen MR) is 123 cm³/mol. The van der Waals surface area contributed by atoms with Gasteiger partial charge in [-0.15, -0.1) is 0 Å². The number of amides is 2. The standard InChI is InChI=1S/C25H23ClFN3O3/c1-14-18(4-3-11-29-14)25(32)30(22-10-9-19-20(22)12-16(26)13-21(19)27)23(24(28)31)15-5-7-17(33-2)8-6-15/h3-8,11-13,22-23H,9-10H2,1-2H3,(H2,28,31)/t22-,23-/m1/s1. The Bertz CT molecular complexity index is 1220. The van der Waals surface area contributed by atoms with Crippen molar-refractivity contribution in [1.82, 2.24) is 9.88 Å². The Hall–Kier alpha value is -3.45. The third kappa shape index (κ3) is 4.28. The Kier molecular flexibility index (Phi) is 6.33. The van der Waals surface area contributed by atoms with Crippen LogP contribution in [-0.4, -0.2) is 28.8 Å². The molecule has 1 aromatic heterocycles. The summed E-state index contributed by atoms with van der Waals surface area (Å²) in [6, 6.07) is 11.3. The molecule has 0 saturated heterocycles.